The fourth-order valence-corrected chi connectivity index (χ4v) is 4.02. The molecule has 178 valence electrons. The molecular formula is C27H30N2O4S. The molecule has 0 bridgehead atoms. The third kappa shape index (κ3) is 6.54. The van der Waals surface area contributed by atoms with Crippen molar-refractivity contribution in [3.05, 3.63) is 77.9 Å². The number of ether oxygens (including phenoxy) is 2. The molecule has 0 aromatic heterocycles. The van der Waals surface area contributed by atoms with Gasteiger partial charge in [-0.3, -0.25) is 9.59 Å². The van der Waals surface area contributed by atoms with Crippen LogP contribution in [0.2, 0.25) is 0 Å². The summed E-state index contributed by atoms with van der Waals surface area (Å²) < 4.78 is 10.8. The van der Waals surface area contributed by atoms with Crippen LogP contribution in [0.15, 0.2) is 66.7 Å². The highest BCUT2D eigenvalue weighted by molar-refractivity contribution is 7.98. The Bertz CT molecular complexity index is 1130. The lowest BCUT2D eigenvalue weighted by molar-refractivity contribution is -0.118. The quantitative estimate of drug-likeness (QED) is 0.420. The van der Waals surface area contributed by atoms with E-state index in [-0.39, 0.29) is 11.8 Å². The number of carbonyl (C=O) groups is 2. The van der Waals surface area contributed by atoms with Gasteiger partial charge in [0.05, 0.1) is 14.2 Å². The van der Waals surface area contributed by atoms with E-state index in [0.717, 1.165) is 28.2 Å². The third-order valence-electron chi connectivity index (χ3n) is 5.38. The van der Waals surface area contributed by atoms with E-state index in [1.165, 1.54) is 0 Å². The molecule has 0 aliphatic carbocycles. The maximum absolute atomic E-state index is 13.2. The van der Waals surface area contributed by atoms with Crippen LogP contribution in [0.3, 0.4) is 0 Å². The van der Waals surface area contributed by atoms with Gasteiger partial charge in [0.25, 0.3) is 5.91 Å². The summed E-state index contributed by atoms with van der Waals surface area (Å²) in [7, 11) is 3.23. The number of aryl methyl sites for hydroxylation is 1. The van der Waals surface area contributed by atoms with E-state index in [0.29, 0.717) is 23.4 Å². The number of carbonyl (C=O) groups excluding carboxylic acids is 2. The summed E-state index contributed by atoms with van der Waals surface area (Å²) in [6.45, 7) is 1.93. The van der Waals surface area contributed by atoms with Crippen LogP contribution in [-0.4, -0.2) is 44.1 Å². The first-order valence-electron chi connectivity index (χ1n) is 10.9. The number of anilines is 1. The number of benzene rings is 3. The zero-order valence-electron chi connectivity index (χ0n) is 19.9. The summed E-state index contributed by atoms with van der Waals surface area (Å²) in [6.07, 6.45) is 2.49. The molecule has 0 spiro atoms. The van der Waals surface area contributed by atoms with Crippen molar-refractivity contribution in [1.29, 1.82) is 0 Å². The summed E-state index contributed by atoms with van der Waals surface area (Å²) in [4.78, 5) is 25.9. The van der Waals surface area contributed by atoms with Gasteiger partial charge >= 0.3 is 0 Å². The highest BCUT2D eigenvalue weighted by atomic mass is 32.2. The van der Waals surface area contributed by atoms with Crippen LogP contribution in [0.25, 0.3) is 11.1 Å². The van der Waals surface area contributed by atoms with Crippen molar-refractivity contribution in [3.63, 3.8) is 0 Å². The average molecular weight is 479 g/mol. The fraction of sp³-hybridized carbons (Fsp3) is 0.259. The topological polar surface area (TPSA) is 76.7 Å². The van der Waals surface area contributed by atoms with Crippen LogP contribution < -0.4 is 20.1 Å². The molecule has 2 N–H and O–H groups in total. The lowest BCUT2D eigenvalue weighted by atomic mass is 10.0. The Morgan fingerprint density at radius 3 is 2.38 bits per heavy atom. The minimum atomic E-state index is -0.660. The van der Waals surface area contributed by atoms with Crippen molar-refractivity contribution in [2.45, 2.75) is 19.4 Å². The molecule has 0 saturated heterocycles. The average Bonchev–Trinajstić information content (AvgIpc) is 2.86. The van der Waals surface area contributed by atoms with Gasteiger partial charge in [-0.2, -0.15) is 11.8 Å². The molecule has 0 heterocycles. The second-order valence-corrected chi connectivity index (χ2v) is 8.80. The molecule has 0 aliphatic rings. The minimum absolute atomic E-state index is 0.263. The number of amides is 2. The van der Waals surface area contributed by atoms with Crippen molar-refractivity contribution in [2.75, 3.05) is 31.5 Å². The van der Waals surface area contributed by atoms with Crippen LogP contribution in [0.5, 0.6) is 11.5 Å². The number of rotatable bonds is 10. The predicted octanol–water partition coefficient (Wildman–Crippen LogP) is 5.17. The van der Waals surface area contributed by atoms with E-state index < -0.39 is 6.04 Å². The van der Waals surface area contributed by atoms with Gasteiger partial charge in [0, 0.05) is 16.8 Å². The number of hydrogen-bond acceptors (Lipinski definition) is 5. The largest absolute Gasteiger partial charge is 0.497 e. The van der Waals surface area contributed by atoms with Crippen LogP contribution >= 0.6 is 11.8 Å². The summed E-state index contributed by atoms with van der Waals surface area (Å²) in [5.41, 5.74) is 3.92. The zero-order chi connectivity index (χ0) is 24.5. The molecular weight excluding hydrogens is 448 g/mol. The van der Waals surface area contributed by atoms with Crippen molar-refractivity contribution in [1.82, 2.24) is 5.32 Å². The standard InChI is InChI=1S/C27H30N2O4S/c1-18-6-5-7-20(16-18)26(30)29-24(14-15-34-4)27(31)28-21-10-13-25(33-3)23(17-21)19-8-11-22(32-2)12-9-19/h5-13,16-17,24H,14-15H2,1-4H3,(H,28,31)(H,29,30)/t24-/m1/s1. The second-order valence-electron chi connectivity index (χ2n) is 7.81. The van der Waals surface area contributed by atoms with Gasteiger partial charge in [-0.05, 0) is 73.4 Å². The van der Waals surface area contributed by atoms with Crippen molar-refractivity contribution in [2.24, 2.45) is 0 Å². The van der Waals surface area contributed by atoms with Gasteiger partial charge in [-0.1, -0.05) is 29.8 Å². The molecule has 0 saturated carbocycles. The van der Waals surface area contributed by atoms with Crippen LogP contribution in [-0.2, 0) is 4.79 Å². The van der Waals surface area contributed by atoms with Crippen LogP contribution in [0, 0.1) is 6.92 Å². The first kappa shape index (κ1) is 25.2. The lowest BCUT2D eigenvalue weighted by Gasteiger charge is -2.19. The summed E-state index contributed by atoms with van der Waals surface area (Å²) in [5, 5.41) is 5.85. The predicted molar refractivity (Wildman–Crippen MR) is 139 cm³/mol. The van der Waals surface area contributed by atoms with E-state index in [1.807, 2.05) is 67.8 Å². The van der Waals surface area contributed by atoms with E-state index in [1.54, 1.807) is 38.1 Å². The van der Waals surface area contributed by atoms with E-state index in [4.69, 9.17) is 9.47 Å². The molecule has 6 nitrogen and oxygen atoms in total. The Morgan fingerprint density at radius 2 is 1.74 bits per heavy atom. The van der Waals surface area contributed by atoms with E-state index >= 15 is 0 Å². The monoisotopic (exact) mass is 478 g/mol. The van der Waals surface area contributed by atoms with Gasteiger partial charge in [-0.25, -0.2) is 0 Å². The fourth-order valence-electron chi connectivity index (χ4n) is 3.54. The summed E-state index contributed by atoms with van der Waals surface area (Å²) in [5.74, 6) is 1.66. The van der Waals surface area contributed by atoms with Gasteiger partial charge in [0.1, 0.15) is 17.5 Å². The number of nitrogens with one attached hydrogen (secondary N) is 2. The molecule has 3 rings (SSSR count). The van der Waals surface area contributed by atoms with Crippen LogP contribution in [0.1, 0.15) is 22.3 Å². The molecule has 7 heteroatoms. The van der Waals surface area contributed by atoms with Crippen molar-refractivity contribution < 1.29 is 19.1 Å². The van der Waals surface area contributed by atoms with E-state index in [2.05, 4.69) is 10.6 Å². The maximum Gasteiger partial charge on any atom is 0.251 e. The van der Waals surface area contributed by atoms with Crippen molar-refractivity contribution >= 4 is 29.3 Å². The third-order valence-corrected chi connectivity index (χ3v) is 6.02. The second kappa shape index (κ2) is 12.1. The molecule has 3 aromatic carbocycles. The number of thioether (sulfide) groups is 1. The molecule has 0 aliphatic heterocycles. The molecule has 1 atom stereocenters. The Morgan fingerprint density at radius 1 is 0.971 bits per heavy atom. The molecule has 2 amide bonds. The SMILES string of the molecule is COc1ccc(-c2cc(NC(=O)[C@@H](CCSC)NC(=O)c3cccc(C)c3)ccc2OC)cc1. The molecule has 0 radical (unpaired) electrons. The number of methoxy groups -OCH3 is 2. The lowest BCUT2D eigenvalue weighted by Crippen LogP contribution is -2.44. The summed E-state index contributed by atoms with van der Waals surface area (Å²) in [6, 6.07) is 19.8. The Balaban J connectivity index is 1.80. The van der Waals surface area contributed by atoms with Crippen molar-refractivity contribution in [3.8, 4) is 22.6 Å². The highest BCUT2D eigenvalue weighted by Gasteiger charge is 2.22. The first-order chi connectivity index (χ1) is 16.4. The maximum atomic E-state index is 13.2. The molecule has 3 aromatic rings. The van der Waals surface area contributed by atoms with E-state index in [9.17, 15) is 9.59 Å². The van der Waals surface area contributed by atoms with Gasteiger partial charge < -0.3 is 20.1 Å². The minimum Gasteiger partial charge on any atom is -0.497 e. The smallest absolute Gasteiger partial charge is 0.251 e. The Hall–Kier alpha value is -3.45. The number of hydrogen-bond donors (Lipinski definition) is 2. The van der Waals surface area contributed by atoms with Gasteiger partial charge in [-0.15, -0.1) is 0 Å². The Labute approximate surface area is 205 Å². The normalized spacial score (nSPS) is 11.4. The molecule has 0 fully saturated rings. The first-order valence-corrected chi connectivity index (χ1v) is 12.3. The highest BCUT2D eigenvalue weighted by Crippen LogP contribution is 2.33. The zero-order valence-corrected chi connectivity index (χ0v) is 20.7. The molecule has 0 unspecified atom stereocenters. The van der Waals surface area contributed by atoms with Gasteiger partial charge in [0.2, 0.25) is 5.91 Å². The Kier molecular flexibility index (Phi) is 8.99. The van der Waals surface area contributed by atoms with Gasteiger partial charge in [0.15, 0.2) is 0 Å². The van der Waals surface area contributed by atoms with Crippen LogP contribution in [0.4, 0.5) is 5.69 Å². The molecule has 34 heavy (non-hydrogen) atoms. The summed E-state index contributed by atoms with van der Waals surface area (Å²) >= 11 is 1.63.